The Morgan fingerprint density at radius 3 is 2.84 bits per heavy atom. The normalized spacial score (nSPS) is 14.1. The molecule has 2 heterocycles. The summed E-state index contributed by atoms with van der Waals surface area (Å²) in [4.78, 5) is 15.9. The highest BCUT2D eigenvalue weighted by Crippen LogP contribution is 2.37. The molecule has 0 radical (unpaired) electrons. The summed E-state index contributed by atoms with van der Waals surface area (Å²) < 4.78 is 52.3. The first-order chi connectivity index (χ1) is 11.8. The number of anilines is 1. The first-order valence-corrected chi connectivity index (χ1v) is 8.20. The van der Waals surface area contributed by atoms with Crippen LogP contribution < -0.4 is 10.6 Å². The highest BCUT2D eigenvalue weighted by atomic mass is 32.2. The molecule has 0 saturated heterocycles. The molecule has 0 spiro atoms. The molecule has 9 heteroatoms. The number of rotatable bonds is 3. The standard InChI is InChI=1S/C16H13F4N3OS/c17-13-10-5-7-21-8-9(10)3-4-12(13)23-14(24)11-2-1-6-22-15(11)25-16(18,19)20/h1-4,6,21H,5,7-8H2,(H,23,24). The van der Waals surface area contributed by atoms with Gasteiger partial charge in [0.25, 0.3) is 5.91 Å². The van der Waals surface area contributed by atoms with Crippen molar-refractivity contribution < 1.29 is 22.4 Å². The monoisotopic (exact) mass is 371 g/mol. The largest absolute Gasteiger partial charge is 0.447 e. The average molecular weight is 371 g/mol. The Kier molecular flexibility index (Phi) is 4.96. The third-order valence-corrected chi connectivity index (χ3v) is 4.43. The van der Waals surface area contributed by atoms with Crippen molar-refractivity contribution in [1.82, 2.24) is 10.3 Å². The van der Waals surface area contributed by atoms with Gasteiger partial charge in [0, 0.05) is 24.5 Å². The lowest BCUT2D eigenvalue weighted by atomic mass is 9.99. The molecule has 25 heavy (non-hydrogen) atoms. The zero-order valence-electron chi connectivity index (χ0n) is 12.8. The zero-order valence-corrected chi connectivity index (χ0v) is 13.6. The van der Waals surface area contributed by atoms with E-state index in [-0.39, 0.29) is 11.3 Å². The summed E-state index contributed by atoms with van der Waals surface area (Å²) in [5, 5.41) is 4.98. The van der Waals surface area contributed by atoms with E-state index in [0.29, 0.717) is 25.1 Å². The van der Waals surface area contributed by atoms with Gasteiger partial charge in [-0.1, -0.05) is 6.07 Å². The highest BCUT2D eigenvalue weighted by Gasteiger charge is 2.32. The van der Waals surface area contributed by atoms with Gasteiger partial charge in [0.05, 0.1) is 11.3 Å². The number of fused-ring (bicyclic) bond motifs is 1. The fourth-order valence-corrected chi connectivity index (χ4v) is 3.18. The van der Waals surface area contributed by atoms with Crippen LogP contribution in [0.15, 0.2) is 35.5 Å². The maximum atomic E-state index is 14.6. The number of benzene rings is 1. The molecule has 0 unspecified atom stereocenters. The Hall–Kier alpha value is -2.13. The van der Waals surface area contributed by atoms with Gasteiger partial charge in [0.15, 0.2) is 0 Å². The van der Waals surface area contributed by atoms with Gasteiger partial charge in [-0.15, -0.1) is 0 Å². The van der Waals surface area contributed by atoms with Gasteiger partial charge in [0.1, 0.15) is 10.8 Å². The molecule has 3 rings (SSSR count). The number of alkyl halides is 3. The number of nitrogens with zero attached hydrogens (tertiary/aromatic N) is 1. The average Bonchev–Trinajstić information content (AvgIpc) is 2.56. The van der Waals surface area contributed by atoms with E-state index < -0.39 is 34.0 Å². The van der Waals surface area contributed by atoms with Crippen molar-refractivity contribution in [2.24, 2.45) is 0 Å². The molecule has 132 valence electrons. The molecule has 0 bridgehead atoms. The number of hydrogen-bond acceptors (Lipinski definition) is 4. The van der Waals surface area contributed by atoms with Crippen LogP contribution >= 0.6 is 11.8 Å². The molecule has 4 nitrogen and oxygen atoms in total. The number of hydrogen-bond donors (Lipinski definition) is 2. The summed E-state index contributed by atoms with van der Waals surface area (Å²) >= 11 is -0.481. The van der Waals surface area contributed by atoms with Crippen molar-refractivity contribution in [3.63, 3.8) is 0 Å². The van der Waals surface area contributed by atoms with Crippen LogP contribution in [0.5, 0.6) is 0 Å². The number of amides is 1. The fourth-order valence-electron chi connectivity index (χ4n) is 2.57. The maximum absolute atomic E-state index is 14.6. The number of nitrogens with one attached hydrogen (secondary N) is 2. The number of halogens is 4. The molecule has 2 aromatic rings. The Labute approximate surface area is 145 Å². The number of aromatic nitrogens is 1. The van der Waals surface area contributed by atoms with Crippen LogP contribution in [-0.2, 0) is 13.0 Å². The summed E-state index contributed by atoms with van der Waals surface area (Å²) in [6.07, 6.45) is 1.64. The lowest BCUT2D eigenvalue weighted by Gasteiger charge is -2.19. The first kappa shape index (κ1) is 17.7. The molecule has 1 aromatic carbocycles. The Balaban J connectivity index is 1.86. The van der Waals surface area contributed by atoms with Crippen LogP contribution in [0.1, 0.15) is 21.5 Å². The van der Waals surface area contributed by atoms with Crippen LogP contribution in [0.2, 0.25) is 0 Å². The van der Waals surface area contributed by atoms with E-state index in [4.69, 9.17) is 0 Å². The summed E-state index contributed by atoms with van der Waals surface area (Å²) in [5.74, 6) is -1.39. The second-order valence-corrected chi connectivity index (χ2v) is 6.40. The van der Waals surface area contributed by atoms with Crippen molar-refractivity contribution in [3.8, 4) is 0 Å². The zero-order chi connectivity index (χ0) is 18.0. The van der Waals surface area contributed by atoms with E-state index in [1.807, 2.05) is 0 Å². The van der Waals surface area contributed by atoms with Crippen molar-refractivity contribution in [2.75, 3.05) is 11.9 Å². The van der Waals surface area contributed by atoms with Crippen LogP contribution in [-0.4, -0.2) is 22.9 Å². The Morgan fingerprint density at radius 2 is 2.08 bits per heavy atom. The summed E-state index contributed by atoms with van der Waals surface area (Å²) in [6.45, 7) is 1.16. The van der Waals surface area contributed by atoms with Crippen molar-refractivity contribution in [3.05, 3.63) is 53.0 Å². The summed E-state index contributed by atoms with van der Waals surface area (Å²) in [7, 11) is 0. The van der Waals surface area contributed by atoms with E-state index in [1.165, 1.54) is 18.2 Å². The van der Waals surface area contributed by atoms with E-state index in [0.717, 1.165) is 11.8 Å². The van der Waals surface area contributed by atoms with E-state index >= 15 is 0 Å². The summed E-state index contributed by atoms with van der Waals surface area (Å²) in [6, 6.07) is 5.67. The predicted molar refractivity (Wildman–Crippen MR) is 85.9 cm³/mol. The number of carbonyl (C=O) groups is 1. The van der Waals surface area contributed by atoms with Gasteiger partial charge >= 0.3 is 5.51 Å². The van der Waals surface area contributed by atoms with Gasteiger partial charge in [-0.3, -0.25) is 4.79 Å². The van der Waals surface area contributed by atoms with Gasteiger partial charge in [-0.25, -0.2) is 9.37 Å². The molecule has 1 aliphatic heterocycles. The second kappa shape index (κ2) is 7.01. The number of carbonyl (C=O) groups excluding carboxylic acids is 1. The molecular weight excluding hydrogens is 358 g/mol. The van der Waals surface area contributed by atoms with Crippen LogP contribution in [0, 0.1) is 5.82 Å². The Bertz CT molecular complexity index is 810. The molecule has 1 aliphatic rings. The number of pyridine rings is 1. The predicted octanol–water partition coefficient (Wildman–Crippen LogP) is 3.73. The van der Waals surface area contributed by atoms with Crippen LogP contribution in [0.4, 0.5) is 23.2 Å². The third kappa shape index (κ3) is 4.10. The van der Waals surface area contributed by atoms with Gasteiger partial charge < -0.3 is 10.6 Å². The van der Waals surface area contributed by atoms with E-state index in [2.05, 4.69) is 15.6 Å². The van der Waals surface area contributed by atoms with E-state index in [1.54, 1.807) is 6.07 Å². The smallest absolute Gasteiger partial charge is 0.319 e. The SMILES string of the molecule is O=C(Nc1ccc2c(c1F)CCNC2)c1cccnc1SC(F)(F)F. The van der Waals surface area contributed by atoms with Gasteiger partial charge in [-0.2, -0.15) is 13.2 Å². The molecule has 0 atom stereocenters. The van der Waals surface area contributed by atoms with Gasteiger partial charge in [0.2, 0.25) is 0 Å². The minimum atomic E-state index is -4.58. The molecule has 0 aliphatic carbocycles. The lowest BCUT2D eigenvalue weighted by molar-refractivity contribution is -0.0329. The molecule has 1 aromatic heterocycles. The summed E-state index contributed by atoms with van der Waals surface area (Å²) in [5.41, 5.74) is -3.59. The molecule has 0 saturated carbocycles. The second-order valence-electron chi connectivity index (χ2n) is 5.35. The number of thioether (sulfide) groups is 1. The quantitative estimate of drug-likeness (QED) is 0.638. The molecule has 1 amide bonds. The van der Waals surface area contributed by atoms with Crippen molar-refractivity contribution in [2.45, 2.75) is 23.5 Å². The molecular formula is C16H13F4N3OS. The van der Waals surface area contributed by atoms with Crippen LogP contribution in [0.3, 0.4) is 0 Å². The maximum Gasteiger partial charge on any atom is 0.447 e. The minimum absolute atomic E-state index is 0.0579. The Morgan fingerprint density at radius 1 is 1.28 bits per heavy atom. The fraction of sp³-hybridized carbons (Fsp3) is 0.250. The third-order valence-electron chi connectivity index (χ3n) is 3.68. The molecule has 0 fully saturated rings. The van der Waals surface area contributed by atoms with Crippen molar-refractivity contribution in [1.29, 1.82) is 0 Å². The molecule has 2 N–H and O–H groups in total. The topological polar surface area (TPSA) is 54.0 Å². The van der Waals surface area contributed by atoms with Crippen LogP contribution in [0.25, 0.3) is 0 Å². The minimum Gasteiger partial charge on any atom is -0.319 e. The van der Waals surface area contributed by atoms with Crippen molar-refractivity contribution >= 4 is 23.4 Å². The first-order valence-electron chi connectivity index (χ1n) is 7.38. The highest BCUT2D eigenvalue weighted by molar-refractivity contribution is 8.00. The van der Waals surface area contributed by atoms with Gasteiger partial charge in [-0.05, 0) is 42.3 Å². The lowest BCUT2D eigenvalue weighted by Crippen LogP contribution is -2.25. The van der Waals surface area contributed by atoms with E-state index in [9.17, 15) is 22.4 Å².